The Morgan fingerprint density at radius 3 is 2.28 bits per heavy atom. The Labute approximate surface area is 422 Å². The lowest BCUT2D eigenvalue weighted by atomic mass is 9.85. The predicted molar refractivity (Wildman–Crippen MR) is 276 cm³/mol. The molecule has 380 valence electrons. The number of carbonyl (C=O) groups is 4. The van der Waals surface area contributed by atoms with Crippen molar-refractivity contribution in [2.45, 2.75) is 117 Å². The molecule has 0 spiro atoms. The van der Waals surface area contributed by atoms with E-state index in [-0.39, 0.29) is 73.6 Å². The van der Waals surface area contributed by atoms with E-state index in [1.165, 1.54) is 4.90 Å². The third-order valence-electron chi connectivity index (χ3n) is 13.6. The fourth-order valence-electron chi connectivity index (χ4n) is 9.28. The Morgan fingerprint density at radius 2 is 1.65 bits per heavy atom. The van der Waals surface area contributed by atoms with E-state index in [4.69, 9.17) is 15.2 Å². The Morgan fingerprint density at radius 1 is 0.958 bits per heavy atom. The molecule has 15 nitrogen and oxygen atoms in total. The molecule has 0 radical (unpaired) electrons. The topological polar surface area (TPSA) is 200 Å². The second kappa shape index (κ2) is 24.0. The van der Waals surface area contributed by atoms with Gasteiger partial charge in [0.25, 0.3) is 5.91 Å². The lowest BCUT2D eigenvalue weighted by Gasteiger charge is -2.42. The number of aryl methyl sites for hydroxylation is 1. The normalized spacial score (nSPS) is 19.3. The molecule has 1 unspecified atom stereocenters. The molecule has 3 saturated heterocycles. The van der Waals surface area contributed by atoms with Gasteiger partial charge in [-0.25, -0.2) is 4.98 Å². The van der Waals surface area contributed by atoms with Gasteiger partial charge in [-0.3, -0.25) is 19.2 Å². The van der Waals surface area contributed by atoms with Crippen LogP contribution in [0.4, 0.5) is 0 Å². The highest BCUT2D eigenvalue weighted by Gasteiger charge is 2.44. The first kappa shape index (κ1) is 52.9. The molecule has 3 aliphatic heterocycles. The van der Waals surface area contributed by atoms with Crippen LogP contribution < -0.4 is 16.4 Å². The maximum Gasteiger partial charge on any atom is 0.254 e. The van der Waals surface area contributed by atoms with E-state index < -0.39 is 23.6 Å². The van der Waals surface area contributed by atoms with E-state index in [1.807, 2.05) is 125 Å². The largest absolute Gasteiger partial charge is 0.507 e. The zero-order valence-electron chi connectivity index (χ0n) is 41.9. The number of allylic oxidation sites excluding steroid dienone is 3. The van der Waals surface area contributed by atoms with Gasteiger partial charge in [0.15, 0.2) is 0 Å². The molecule has 7 rings (SSSR count). The number of rotatable bonds is 19. The number of hydrogen-bond acceptors (Lipinski definition) is 12. The molecule has 4 amide bonds. The number of para-hydroxylation sites is 1. The van der Waals surface area contributed by atoms with Crippen molar-refractivity contribution >= 4 is 40.5 Å². The van der Waals surface area contributed by atoms with Crippen LogP contribution in [0.15, 0.2) is 96.2 Å². The number of likely N-dealkylation sites (tertiary alicyclic amines) is 3. The molecule has 0 bridgehead atoms. The lowest BCUT2D eigenvalue weighted by Crippen LogP contribution is -2.58. The summed E-state index contributed by atoms with van der Waals surface area (Å²) in [5.41, 5.74) is 13.5. The molecule has 3 aliphatic rings. The molecule has 1 aromatic heterocycles. The number of phenolic OH excluding ortho intramolecular Hbond substituents is 1. The summed E-state index contributed by atoms with van der Waals surface area (Å²) in [5.74, 6) is -0.200. The van der Waals surface area contributed by atoms with E-state index in [2.05, 4.69) is 20.5 Å². The minimum Gasteiger partial charge on any atom is -0.507 e. The van der Waals surface area contributed by atoms with Gasteiger partial charge in [-0.05, 0) is 85.6 Å². The first-order chi connectivity index (χ1) is 34.0. The molecule has 3 aromatic carbocycles. The highest BCUT2D eigenvalue weighted by atomic mass is 32.1. The summed E-state index contributed by atoms with van der Waals surface area (Å²) >= 11 is 1.58. The number of hydrogen-bond donors (Lipinski definition) is 5. The zero-order valence-corrected chi connectivity index (χ0v) is 42.8. The van der Waals surface area contributed by atoms with E-state index in [1.54, 1.807) is 23.5 Å². The monoisotopic (exact) mass is 990 g/mol. The van der Waals surface area contributed by atoms with Gasteiger partial charge in [0.05, 0.1) is 47.0 Å². The number of aliphatic hydroxyl groups excluding tert-OH is 1. The number of aromatic nitrogens is 1. The average Bonchev–Trinajstić information content (AvgIpc) is 3.96. The summed E-state index contributed by atoms with van der Waals surface area (Å²) in [7, 11) is 0. The average molecular weight is 990 g/mol. The van der Waals surface area contributed by atoms with E-state index >= 15 is 0 Å². The second-order valence-electron chi connectivity index (χ2n) is 20.1. The molecular weight excluding hydrogens is 919 g/mol. The van der Waals surface area contributed by atoms with Crippen LogP contribution in [0.25, 0.3) is 16.0 Å². The first-order valence-electron chi connectivity index (χ1n) is 24.8. The molecule has 4 atom stereocenters. The molecule has 0 aliphatic carbocycles. The van der Waals surface area contributed by atoms with E-state index in [9.17, 15) is 29.4 Å². The predicted octanol–water partition coefficient (Wildman–Crippen LogP) is 6.22. The van der Waals surface area contributed by atoms with Gasteiger partial charge >= 0.3 is 0 Å². The van der Waals surface area contributed by atoms with Gasteiger partial charge in [0, 0.05) is 76.2 Å². The van der Waals surface area contributed by atoms with Crippen molar-refractivity contribution in [1.29, 1.82) is 0 Å². The van der Waals surface area contributed by atoms with Crippen molar-refractivity contribution in [3.05, 3.63) is 124 Å². The molecule has 0 saturated carbocycles. The number of aliphatic hydroxyl groups is 1. The first-order valence-corrected chi connectivity index (χ1v) is 25.7. The van der Waals surface area contributed by atoms with Gasteiger partial charge < -0.3 is 50.8 Å². The summed E-state index contributed by atoms with van der Waals surface area (Å²) in [6, 6.07) is 20.6. The summed E-state index contributed by atoms with van der Waals surface area (Å²) in [4.78, 5) is 65.3. The fraction of sp³-hybridized carbons (Fsp3) is 0.473. The minimum absolute atomic E-state index is 0.0126. The van der Waals surface area contributed by atoms with Crippen LogP contribution >= 0.6 is 11.3 Å². The highest BCUT2D eigenvalue weighted by Crippen LogP contribution is 2.30. The smallest absolute Gasteiger partial charge is 0.254 e. The van der Waals surface area contributed by atoms with Crippen molar-refractivity contribution in [1.82, 2.24) is 30.3 Å². The quantitative estimate of drug-likeness (QED) is 0.0528. The Kier molecular flexibility index (Phi) is 17.9. The molecule has 16 heteroatoms. The molecule has 4 aromatic rings. The lowest BCUT2D eigenvalue weighted by molar-refractivity contribution is -0.144. The van der Waals surface area contributed by atoms with Crippen LogP contribution in [0.1, 0.15) is 93.0 Å². The summed E-state index contributed by atoms with van der Waals surface area (Å²) in [5, 5.41) is 26.9. The third kappa shape index (κ3) is 13.9. The number of benzene rings is 3. The molecule has 71 heavy (non-hydrogen) atoms. The SMILES string of the molecule is C/C=C(\C=C(\OCCc1ccc(C(=O)N2CC(OC3CCN(CCC(=O)N[C@H](C(=O)N4C[C@H](O)C[C@H]4C(=O)NCc4ccc(-c5scnc5C)cc4)C(C)(C)C)CC3)C2)cc1)C(C)N)c1ccccc1O. The van der Waals surface area contributed by atoms with Gasteiger partial charge in [0.2, 0.25) is 17.7 Å². The van der Waals surface area contributed by atoms with Gasteiger partial charge in [-0.2, -0.15) is 0 Å². The minimum atomic E-state index is -0.894. The number of amides is 4. The van der Waals surface area contributed by atoms with Crippen molar-refractivity contribution in [2.24, 2.45) is 11.1 Å². The van der Waals surface area contributed by atoms with Crippen molar-refractivity contribution in [3.8, 4) is 16.2 Å². The standard InChI is InChI=1S/C55H71N7O8S/c1-7-39(45-10-8-9-11-47(45)64)28-48(35(2)56)69-27-23-37-12-18-41(19-13-37)53(67)61-32-44(33-61)70-43-20-24-60(25-21-43)26-22-49(65)59-51(55(4,5)6)54(68)62-31-42(63)29-46(62)52(66)57-30-38-14-16-40(17-15-38)50-36(3)58-34-71-50/h7-19,28,34-35,42-44,46,51,63-64H,20-27,29-33,56H2,1-6H3,(H,57,66)(H,59,65)/b39-7+,48-28+/t35?,42-,46+,51-/m1/s1. The van der Waals surface area contributed by atoms with Crippen LogP contribution in [0.3, 0.4) is 0 Å². The number of nitrogens with two attached hydrogens (primary N) is 1. The Balaban J connectivity index is 0.798. The number of thiazole rings is 1. The molecule has 6 N–H and O–H groups in total. The fourth-order valence-corrected chi connectivity index (χ4v) is 10.1. The summed E-state index contributed by atoms with van der Waals surface area (Å²) < 4.78 is 12.5. The second-order valence-corrected chi connectivity index (χ2v) is 21.0. The van der Waals surface area contributed by atoms with Gasteiger partial charge in [-0.1, -0.05) is 81.4 Å². The third-order valence-corrected chi connectivity index (χ3v) is 14.5. The Hall–Kier alpha value is -5.91. The zero-order chi connectivity index (χ0) is 50.8. The number of carbonyl (C=O) groups excluding carboxylic acids is 4. The van der Waals surface area contributed by atoms with Crippen LogP contribution in [0.2, 0.25) is 0 Å². The van der Waals surface area contributed by atoms with Crippen LogP contribution in [0, 0.1) is 12.3 Å². The van der Waals surface area contributed by atoms with Gasteiger partial charge in [0.1, 0.15) is 23.6 Å². The van der Waals surface area contributed by atoms with Crippen LogP contribution in [-0.2, 0) is 36.8 Å². The van der Waals surface area contributed by atoms with E-state index in [0.29, 0.717) is 49.5 Å². The number of aromatic hydroxyl groups is 1. The number of nitrogens with zero attached hydrogens (tertiary/aromatic N) is 4. The number of phenols is 1. The summed E-state index contributed by atoms with van der Waals surface area (Å²) in [6.07, 6.45) is 5.56. The number of piperidine rings is 1. The summed E-state index contributed by atoms with van der Waals surface area (Å²) in [6.45, 7) is 15.2. The maximum atomic E-state index is 14.1. The number of ether oxygens (including phenoxy) is 2. The Bertz CT molecular complexity index is 2520. The number of β-amino-alcohol motifs (C(OH)–C–C–N with tert-alkyl or cyclic N) is 1. The van der Waals surface area contributed by atoms with Crippen LogP contribution in [0.5, 0.6) is 5.75 Å². The highest BCUT2D eigenvalue weighted by molar-refractivity contribution is 7.13. The van der Waals surface area contributed by atoms with Gasteiger partial charge in [-0.15, -0.1) is 11.3 Å². The van der Waals surface area contributed by atoms with Crippen LogP contribution in [-0.4, -0.2) is 136 Å². The van der Waals surface area contributed by atoms with Crippen molar-refractivity contribution in [3.63, 3.8) is 0 Å². The molecular formula is C55H71N7O8S. The number of nitrogens with one attached hydrogen (secondary N) is 2. The van der Waals surface area contributed by atoms with Crippen molar-refractivity contribution < 1.29 is 38.9 Å². The maximum absolute atomic E-state index is 14.1. The van der Waals surface area contributed by atoms with E-state index in [0.717, 1.165) is 58.8 Å². The molecule has 4 heterocycles. The van der Waals surface area contributed by atoms with Crippen molar-refractivity contribution in [2.75, 3.05) is 45.9 Å². The molecule has 3 fully saturated rings.